The predicted octanol–water partition coefficient (Wildman–Crippen LogP) is 4.79. The number of aliphatic imine (C=N–C) groups is 1. The molecule has 0 aliphatic carbocycles. The van der Waals surface area contributed by atoms with Crippen molar-refractivity contribution in [1.82, 2.24) is 4.90 Å². The summed E-state index contributed by atoms with van der Waals surface area (Å²) >= 11 is 0. The Labute approximate surface area is 195 Å². The van der Waals surface area contributed by atoms with Gasteiger partial charge in [-0.05, 0) is 54.8 Å². The largest absolute Gasteiger partial charge is 0.478 e. The first-order valence-corrected chi connectivity index (χ1v) is 11.3. The zero-order valence-corrected chi connectivity index (χ0v) is 19.2. The molecule has 2 N–H and O–H groups in total. The van der Waals surface area contributed by atoms with E-state index in [1.54, 1.807) is 18.2 Å². The summed E-state index contributed by atoms with van der Waals surface area (Å²) in [6.07, 6.45) is 0. The van der Waals surface area contributed by atoms with Gasteiger partial charge in [-0.1, -0.05) is 48.5 Å². The van der Waals surface area contributed by atoms with Crippen molar-refractivity contribution in [3.05, 3.63) is 95.1 Å². The van der Waals surface area contributed by atoms with E-state index in [0.29, 0.717) is 6.54 Å². The van der Waals surface area contributed by atoms with Gasteiger partial charge in [0.2, 0.25) is 0 Å². The smallest absolute Gasteiger partial charge is 0.335 e. The molecule has 0 spiro atoms. The minimum absolute atomic E-state index is 0.252. The highest BCUT2D eigenvalue weighted by molar-refractivity contribution is 5.96. The molecule has 0 atom stereocenters. The van der Waals surface area contributed by atoms with Crippen LogP contribution in [0.4, 0.5) is 11.4 Å². The van der Waals surface area contributed by atoms with Gasteiger partial charge in [-0.15, -0.1) is 0 Å². The van der Waals surface area contributed by atoms with Gasteiger partial charge in [-0.25, -0.2) is 9.79 Å². The van der Waals surface area contributed by atoms with Gasteiger partial charge in [0.25, 0.3) is 0 Å². The molecule has 0 saturated carbocycles. The van der Waals surface area contributed by atoms with E-state index in [4.69, 9.17) is 4.99 Å². The molecule has 1 fully saturated rings. The summed E-state index contributed by atoms with van der Waals surface area (Å²) in [4.78, 5) is 21.0. The Kier molecular flexibility index (Phi) is 6.93. The van der Waals surface area contributed by atoms with E-state index in [9.17, 15) is 9.90 Å². The van der Waals surface area contributed by atoms with Crippen LogP contribution in [-0.4, -0.2) is 48.1 Å². The highest BCUT2D eigenvalue weighted by Crippen LogP contribution is 2.23. The van der Waals surface area contributed by atoms with Gasteiger partial charge in [0.05, 0.1) is 12.1 Å². The van der Waals surface area contributed by atoms with Gasteiger partial charge in [-0.2, -0.15) is 0 Å². The van der Waals surface area contributed by atoms with Crippen LogP contribution in [0.2, 0.25) is 0 Å². The second-order valence-electron chi connectivity index (χ2n) is 8.40. The summed E-state index contributed by atoms with van der Waals surface area (Å²) in [5, 5.41) is 12.7. The van der Waals surface area contributed by atoms with E-state index >= 15 is 0 Å². The number of piperazine rings is 1. The molecule has 1 saturated heterocycles. The SMILES string of the molecule is Cc1ccc(C)c(N2CCN(C(=NCc3ccccc3)Nc3cccc(C(=O)O)c3)CC2)c1. The van der Waals surface area contributed by atoms with Gasteiger partial charge in [0.1, 0.15) is 0 Å². The zero-order chi connectivity index (χ0) is 23.2. The van der Waals surface area contributed by atoms with Crippen LogP contribution in [0.15, 0.2) is 77.8 Å². The minimum atomic E-state index is -0.941. The van der Waals surface area contributed by atoms with Crippen molar-refractivity contribution in [2.45, 2.75) is 20.4 Å². The Balaban J connectivity index is 1.53. The molecule has 0 unspecified atom stereocenters. The number of aromatic carboxylic acids is 1. The first-order valence-electron chi connectivity index (χ1n) is 11.3. The average Bonchev–Trinajstić information content (AvgIpc) is 2.84. The molecule has 1 aliphatic heterocycles. The molecule has 0 bridgehead atoms. The number of nitrogens with zero attached hydrogens (tertiary/aromatic N) is 3. The fraction of sp³-hybridized carbons (Fsp3) is 0.259. The van der Waals surface area contributed by atoms with Gasteiger partial charge in [0, 0.05) is 37.6 Å². The summed E-state index contributed by atoms with van der Waals surface area (Å²) in [6.45, 7) is 8.28. The zero-order valence-electron chi connectivity index (χ0n) is 19.2. The number of nitrogens with one attached hydrogen (secondary N) is 1. The summed E-state index contributed by atoms with van der Waals surface area (Å²) in [7, 11) is 0. The standard InChI is InChI=1S/C27H30N4O2/c1-20-11-12-21(2)25(17-20)30-13-15-31(16-14-30)27(28-19-22-7-4-3-5-8-22)29-24-10-6-9-23(18-24)26(32)33/h3-12,17-18H,13-16,19H2,1-2H3,(H,28,29)(H,32,33). The number of carbonyl (C=O) groups is 1. The molecule has 3 aromatic rings. The lowest BCUT2D eigenvalue weighted by molar-refractivity contribution is 0.0697. The Bertz CT molecular complexity index is 1140. The van der Waals surface area contributed by atoms with Crippen LogP contribution in [-0.2, 0) is 6.54 Å². The average molecular weight is 443 g/mol. The normalized spacial score (nSPS) is 14.3. The molecular formula is C27H30N4O2. The first-order chi connectivity index (χ1) is 16.0. The summed E-state index contributed by atoms with van der Waals surface area (Å²) in [6, 6.07) is 23.6. The van der Waals surface area contributed by atoms with Gasteiger partial charge < -0.3 is 20.2 Å². The Morgan fingerprint density at radius 1 is 0.939 bits per heavy atom. The Morgan fingerprint density at radius 2 is 1.70 bits per heavy atom. The van der Waals surface area contributed by atoms with Gasteiger partial charge in [0.15, 0.2) is 5.96 Å². The molecule has 33 heavy (non-hydrogen) atoms. The minimum Gasteiger partial charge on any atom is -0.478 e. The number of benzene rings is 3. The summed E-state index contributed by atoms with van der Waals surface area (Å²) < 4.78 is 0. The lowest BCUT2D eigenvalue weighted by Crippen LogP contribution is -2.51. The molecule has 0 amide bonds. The fourth-order valence-electron chi connectivity index (χ4n) is 4.05. The van der Waals surface area contributed by atoms with Crippen LogP contribution < -0.4 is 10.2 Å². The van der Waals surface area contributed by atoms with Crippen LogP contribution in [0.5, 0.6) is 0 Å². The van der Waals surface area contributed by atoms with Crippen molar-refractivity contribution < 1.29 is 9.90 Å². The quantitative estimate of drug-likeness (QED) is 0.439. The van der Waals surface area contributed by atoms with E-state index in [0.717, 1.165) is 43.4 Å². The van der Waals surface area contributed by atoms with E-state index in [2.05, 4.69) is 59.3 Å². The highest BCUT2D eigenvalue weighted by atomic mass is 16.4. The van der Waals surface area contributed by atoms with Crippen molar-refractivity contribution in [2.24, 2.45) is 4.99 Å². The number of anilines is 2. The number of guanidine groups is 1. The predicted molar refractivity (Wildman–Crippen MR) is 134 cm³/mol. The third-order valence-corrected chi connectivity index (χ3v) is 5.90. The molecule has 1 heterocycles. The molecule has 0 radical (unpaired) electrons. The van der Waals surface area contributed by atoms with E-state index in [-0.39, 0.29) is 5.56 Å². The number of aryl methyl sites for hydroxylation is 2. The van der Waals surface area contributed by atoms with Crippen LogP contribution >= 0.6 is 0 Å². The summed E-state index contributed by atoms with van der Waals surface area (Å²) in [5.74, 6) is -0.175. The van der Waals surface area contributed by atoms with Crippen LogP contribution in [0.1, 0.15) is 27.0 Å². The monoisotopic (exact) mass is 442 g/mol. The van der Waals surface area contributed by atoms with Crippen molar-refractivity contribution in [1.29, 1.82) is 0 Å². The van der Waals surface area contributed by atoms with Crippen LogP contribution in [0, 0.1) is 13.8 Å². The van der Waals surface area contributed by atoms with Crippen LogP contribution in [0.25, 0.3) is 0 Å². The third-order valence-electron chi connectivity index (χ3n) is 5.90. The number of rotatable bonds is 5. The van der Waals surface area contributed by atoms with Crippen molar-refractivity contribution in [2.75, 3.05) is 36.4 Å². The number of carboxylic acid groups (broad SMARTS) is 1. The maximum Gasteiger partial charge on any atom is 0.335 e. The molecule has 1 aliphatic rings. The molecule has 0 aromatic heterocycles. The molecule has 6 heteroatoms. The van der Waals surface area contributed by atoms with Gasteiger partial charge in [-0.3, -0.25) is 0 Å². The molecule has 170 valence electrons. The Morgan fingerprint density at radius 3 is 2.42 bits per heavy atom. The number of hydrogen-bond acceptors (Lipinski definition) is 3. The maximum absolute atomic E-state index is 11.4. The van der Waals surface area contributed by atoms with Crippen molar-refractivity contribution >= 4 is 23.3 Å². The lowest BCUT2D eigenvalue weighted by atomic mass is 10.1. The highest BCUT2D eigenvalue weighted by Gasteiger charge is 2.21. The third kappa shape index (κ3) is 5.71. The lowest BCUT2D eigenvalue weighted by Gasteiger charge is -2.38. The number of hydrogen-bond donors (Lipinski definition) is 2. The Hall–Kier alpha value is -3.80. The molecule has 6 nitrogen and oxygen atoms in total. The maximum atomic E-state index is 11.4. The summed E-state index contributed by atoms with van der Waals surface area (Å²) in [5.41, 5.74) is 5.95. The topological polar surface area (TPSA) is 68.2 Å². The van der Waals surface area contributed by atoms with Crippen LogP contribution in [0.3, 0.4) is 0 Å². The van der Waals surface area contributed by atoms with E-state index < -0.39 is 5.97 Å². The number of carboxylic acids is 1. The molecular weight excluding hydrogens is 412 g/mol. The van der Waals surface area contributed by atoms with Crippen molar-refractivity contribution in [3.63, 3.8) is 0 Å². The first kappa shape index (κ1) is 22.4. The second kappa shape index (κ2) is 10.2. The second-order valence-corrected chi connectivity index (χ2v) is 8.40. The van der Waals surface area contributed by atoms with E-state index in [1.807, 2.05) is 24.3 Å². The fourth-order valence-corrected chi connectivity index (χ4v) is 4.05. The molecule has 4 rings (SSSR count). The van der Waals surface area contributed by atoms with Gasteiger partial charge >= 0.3 is 5.97 Å². The van der Waals surface area contributed by atoms with Crippen molar-refractivity contribution in [3.8, 4) is 0 Å². The molecule has 3 aromatic carbocycles. The van der Waals surface area contributed by atoms with E-state index in [1.165, 1.54) is 16.8 Å².